The number of rotatable bonds is 6. The molecule has 0 bridgehead atoms. The number of carbonyl (C=O) groups excluding carboxylic acids is 1. The zero-order valence-corrected chi connectivity index (χ0v) is 17.1. The Balaban J connectivity index is 1.59. The van der Waals surface area contributed by atoms with E-state index in [-0.39, 0.29) is 10.8 Å². The van der Waals surface area contributed by atoms with E-state index in [2.05, 4.69) is 4.98 Å². The van der Waals surface area contributed by atoms with Crippen LogP contribution in [0.25, 0.3) is 0 Å². The minimum Gasteiger partial charge on any atom is -0.356 e. The Labute approximate surface area is 160 Å². The van der Waals surface area contributed by atoms with Gasteiger partial charge in [0.1, 0.15) is 10.6 Å². The van der Waals surface area contributed by atoms with Crippen molar-refractivity contribution in [3.8, 4) is 0 Å². The maximum absolute atomic E-state index is 12.7. The molecule has 26 heavy (non-hydrogen) atoms. The van der Waals surface area contributed by atoms with E-state index in [9.17, 15) is 13.2 Å². The maximum Gasteiger partial charge on any atom is 0.270 e. The van der Waals surface area contributed by atoms with Crippen molar-refractivity contribution >= 4 is 27.7 Å². The lowest BCUT2D eigenvalue weighted by molar-refractivity contribution is 0.0778. The average molecular weight is 400 g/mol. The van der Waals surface area contributed by atoms with E-state index < -0.39 is 10.0 Å². The summed E-state index contributed by atoms with van der Waals surface area (Å²) in [5.74, 6) is 2.21. The van der Waals surface area contributed by atoms with Crippen molar-refractivity contribution in [3.63, 3.8) is 0 Å². The highest BCUT2D eigenvalue weighted by Gasteiger charge is 2.28. The molecule has 2 heterocycles. The van der Waals surface area contributed by atoms with Crippen LogP contribution in [0, 0.1) is 5.92 Å². The summed E-state index contributed by atoms with van der Waals surface area (Å²) in [4.78, 5) is 17.4. The van der Waals surface area contributed by atoms with Crippen LogP contribution in [-0.2, 0) is 10.0 Å². The lowest BCUT2D eigenvalue weighted by Gasteiger charge is -2.25. The standard InChI is InChI=1S/C18H29N3O3S2/c1-20(8-7-15-5-3-2-4-6-15)18(22)17-13-16(14-19-17)26(23,24)21-9-11-25-12-10-21/h13-15,19H,2-12H2,1H3. The number of nitrogens with zero attached hydrogens (tertiary/aromatic N) is 2. The van der Waals surface area contributed by atoms with E-state index in [0.717, 1.165) is 23.8 Å². The molecular formula is C18H29N3O3S2. The number of hydrogen-bond donors (Lipinski definition) is 1. The molecule has 1 aromatic heterocycles. The first-order valence-electron chi connectivity index (χ1n) is 9.50. The van der Waals surface area contributed by atoms with Gasteiger partial charge in [-0.05, 0) is 18.4 Å². The fourth-order valence-corrected chi connectivity index (χ4v) is 6.31. The number of H-pyrrole nitrogens is 1. The fourth-order valence-electron chi connectivity index (χ4n) is 3.74. The number of hydrogen-bond acceptors (Lipinski definition) is 4. The van der Waals surface area contributed by atoms with Gasteiger partial charge >= 0.3 is 0 Å². The van der Waals surface area contributed by atoms with Crippen LogP contribution in [-0.4, -0.2) is 66.7 Å². The molecule has 2 aliphatic rings. The smallest absolute Gasteiger partial charge is 0.270 e. The van der Waals surface area contributed by atoms with Gasteiger partial charge in [-0.25, -0.2) is 8.42 Å². The van der Waals surface area contributed by atoms with Crippen LogP contribution < -0.4 is 0 Å². The van der Waals surface area contributed by atoms with Gasteiger partial charge in [0.05, 0.1) is 0 Å². The molecule has 0 aromatic carbocycles. The number of sulfonamides is 1. The molecule has 1 saturated heterocycles. The van der Waals surface area contributed by atoms with E-state index in [0.29, 0.717) is 25.3 Å². The Hall–Kier alpha value is -0.990. The Morgan fingerprint density at radius 3 is 2.65 bits per heavy atom. The minimum absolute atomic E-state index is 0.142. The van der Waals surface area contributed by atoms with Crippen molar-refractivity contribution in [3.05, 3.63) is 18.0 Å². The molecule has 0 unspecified atom stereocenters. The summed E-state index contributed by atoms with van der Waals surface area (Å²) in [6, 6.07) is 1.48. The van der Waals surface area contributed by atoms with Crippen LogP contribution in [0.2, 0.25) is 0 Å². The third kappa shape index (κ3) is 4.64. The van der Waals surface area contributed by atoms with Gasteiger partial charge in [-0.1, -0.05) is 32.1 Å². The number of aromatic amines is 1. The molecule has 1 aliphatic carbocycles. The molecule has 1 amide bonds. The van der Waals surface area contributed by atoms with E-state index >= 15 is 0 Å². The summed E-state index contributed by atoms with van der Waals surface area (Å²) in [7, 11) is -1.72. The molecular weight excluding hydrogens is 370 g/mol. The van der Waals surface area contributed by atoms with Gasteiger partial charge in [-0.3, -0.25) is 4.79 Å². The van der Waals surface area contributed by atoms with Crippen LogP contribution in [0.15, 0.2) is 17.2 Å². The van der Waals surface area contributed by atoms with Gasteiger partial charge in [0, 0.05) is 44.4 Å². The summed E-state index contributed by atoms with van der Waals surface area (Å²) >= 11 is 1.77. The van der Waals surface area contributed by atoms with E-state index in [4.69, 9.17) is 0 Å². The normalized spacial score (nSPS) is 20.2. The zero-order valence-electron chi connectivity index (χ0n) is 15.4. The van der Waals surface area contributed by atoms with Crippen molar-refractivity contribution < 1.29 is 13.2 Å². The second-order valence-corrected chi connectivity index (χ2v) is 10.4. The van der Waals surface area contributed by atoms with E-state index in [1.54, 1.807) is 23.7 Å². The topological polar surface area (TPSA) is 73.5 Å². The molecule has 1 N–H and O–H groups in total. The van der Waals surface area contributed by atoms with Gasteiger partial charge in [-0.2, -0.15) is 16.1 Å². The molecule has 2 fully saturated rings. The quantitative estimate of drug-likeness (QED) is 0.798. The van der Waals surface area contributed by atoms with Crippen molar-refractivity contribution in [2.75, 3.05) is 38.2 Å². The first-order valence-corrected chi connectivity index (χ1v) is 12.1. The Bertz CT molecular complexity index is 705. The van der Waals surface area contributed by atoms with Gasteiger partial charge in [0.2, 0.25) is 10.0 Å². The lowest BCUT2D eigenvalue weighted by atomic mass is 9.87. The van der Waals surface area contributed by atoms with Gasteiger partial charge in [0.15, 0.2) is 0 Å². The first kappa shape index (κ1) is 19.8. The van der Waals surface area contributed by atoms with Crippen molar-refractivity contribution in [1.29, 1.82) is 0 Å². The summed E-state index contributed by atoms with van der Waals surface area (Å²) in [5.41, 5.74) is 0.348. The third-order valence-electron chi connectivity index (χ3n) is 5.44. The molecule has 6 nitrogen and oxygen atoms in total. The summed E-state index contributed by atoms with van der Waals surface area (Å²) in [5, 5.41) is 0. The van der Waals surface area contributed by atoms with Crippen LogP contribution >= 0.6 is 11.8 Å². The van der Waals surface area contributed by atoms with Crippen molar-refractivity contribution in [2.45, 2.75) is 43.4 Å². The monoisotopic (exact) mass is 399 g/mol. The average Bonchev–Trinajstić information content (AvgIpc) is 3.18. The third-order valence-corrected chi connectivity index (χ3v) is 8.26. The van der Waals surface area contributed by atoms with Crippen molar-refractivity contribution in [2.24, 2.45) is 5.92 Å². The largest absolute Gasteiger partial charge is 0.356 e. The summed E-state index contributed by atoms with van der Waals surface area (Å²) in [6.07, 6.45) is 8.94. The number of carbonyl (C=O) groups is 1. The van der Waals surface area contributed by atoms with Crippen molar-refractivity contribution in [1.82, 2.24) is 14.2 Å². The minimum atomic E-state index is -3.51. The Morgan fingerprint density at radius 1 is 1.27 bits per heavy atom. The first-order chi connectivity index (χ1) is 12.5. The lowest BCUT2D eigenvalue weighted by Crippen LogP contribution is -2.37. The fraction of sp³-hybridized carbons (Fsp3) is 0.722. The highest BCUT2D eigenvalue weighted by Crippen LogP contribution is 2.26. The SMILES string of the molecule is CN(CCC1CCCCC1)C(=O)c1cc(S(=O)(=O)N2CCSCC2)c[nH]1. The second-order valence-electron chi connectivity index (χ2n) is 7.28. The highest BCUT2D eigenvalue weighted by molar-refractivity contribution is 7.99. The summed E-state index contributed by atoms with van der Waals surface area (Å²) < 4.78 is 26.9. The van der Waals surface area contributed by atoms with Crippen LogP contribution in [0.4, 0.5) is 0 Å². The Kier molecular flexibility index (Phi) is 6.69. The molecule has 1 aromatic rings. The predicted molar refractivity (Wildman–Crippen MR) is 105 cm³/mol. The van der Waals surface area contributed by atoms with Crippen LogP contribution in [0.3, 0.4) is 0 Å². The molecule has 146 valence electrons. The van der Waals surface area contributed by atoms with E-state index in [1.807, 2.05) is 0 Å². The zero-order chi connectivity index (χ0) is 18.6. The molecule has 0 atom stereocenters. The Morgan fingerprint density at radius 2 is 1.96 bits per heavy atom. The molecule has 0 spiro atoms. The van der Waals surface area contributed by atoms with Gasteiger partial charge in [-0.15, -0.1) is 0 Å². The van der Waals surface area contributed by atoms with Crippen LogP contribution in [0.5, 0.6) is 0 Å². The van der Waals surface area contributed by atoms with Gasteiger partial charge in [0.25, 0.3) is 5.91 Å². The molecule has 1 saturated carbocycles. The van der Waals surface area contributed by atoms with Crippen LogP contribution in [0.1, 0.15) is 49.0 Å². The maximum atomic E-state index is 12.7. The number of nitrogens with one attached hydrogen (secondary N) is 1. The number of thioether (sulfide) groups is 1. The number of amides is 1. The highest BCUT2D eigenvalue weighted by atomic mass is 32.2. The van der Waals surface area contributed by atoms with Gasteiger partial charge < -0.3 is 9.88 Å². The predicted octanol–water partition coefficient (Wildman–Crippen LogP) is 2.79. The molecule has 0 radical (unpaired) electrons. The number of aromatic nitrogens is 1. The molecule has 1 aliphatic heterocycles. The summed E-state index contributed by atoms with van der Waals surface area (Å²) in [6.45, 7) is 1.78. The second kappa shape index (κ2) is 8.80. The molecule has 8 heteroatoms. The van der Waals surface area contributed by atoms with E-state index in [1.165, 1.54) is 48.7 Å². The molecule has 3 rings (SSSR count).